The molecular weight excluding hydrogens is 369 g/mol. The molecule has 0 saturated carbocycles. The summed E-state index contributed by atoms with van der Waals surface area (Å²) in [7, 11) is 2.87. The molecular formula is C18H20FN5O4. The van der Waals surface area contributed by atoms with Gasteiger partial charge in [0.25, 0.3) is 0 Å². The third-order valence-corrected chi connectivity index (χ3v) is 3.78. The van der Waals surface area contributed by atoms with Gasteiger partial charge in [0.2, 0.25) is 5.95 Å². The van der Waals surface area contributed by atoms with Crippen LogP contribution in [-0.2, 0) is 13.2 Å². The van der Waals surface area contributed by atoms with Crippen molar-refractivity contribution in [2.24, 2.45) is 0 Å². The Balaban J connectivity index is 1.63. The molecule has 3 aromatic rings. The van der Waals surface area contributed by atoms with Crippen LogP contribution in [0.25, 0.3) is 0 Å². The number of halogens is 1. The van der Waals surface area contributed by atoms with E-state index in [-0.39, 0.29) is 24.5 Å². The molecule has 3 rings (SSSR count). The zero-order valence-electron chi connectivity index (χ0n) is 15.4. The second-order valence-corrected chi connectivity index (χ2v) is 5.67. The number of nitrogens with one attached hydrogen (secondary N) is 1. The van der Waals surface area contributed by atoms with Gasteiger partial charge < -0.3 is 24.6 Å². The summed E-state index contributed by atoms with van der Waals surface area (Å²) < 4.78 is 31.6. The number of anilines is 2. The largest absolute Gasteiger partial charge is 0.497 e. The van der Waals surface area contributed by atoms with Gasteiger partial charge in [0.1, 0.15) is 12.4 Å². The van der Waals surface area contributed by atoms with Crippen molar-refractivity contribution in [3.8, 4) is 17.2 Å². The minimum atomic E-state index is -0.512. The Kier molecular flexibility index (Phi) is 6.22. The van der Waals surface area contributed by atoms with E-state index in [0.717, 1.165) is 0 Å². The molecule has 0 unspecified atom stereocenters. The lowest BCUT2D eigenvalue weighted by atomic mass is 10.2. The van der Waals surface area contributed by atoms with Gasteiger partial charge in [-0.15, -0.1) is 0 Å². The first-order valence-corrected chi connectivity index (χ1v) is 8.38. The number of aliphatic hydroxyl groups excluding tert-OH is 1. The van der Waals surface area contributed by atoms with E-state index in [2.05, 4.69) is 20.4 Å². The summed E-state index contributed by atoms with van der Waals surface area (Å²) in [6.07, 6.45) is 6.27. The van der Waals surface area contributed by atoms with Crippen LogP contribution in [0.15, 0.2) is 36.9 Å². The van der Waals surface area contributed by atoms with Crippen LogP contribution in [-0.4, -0.2) is 45.7 Å². The summed E-state index contributed by atoms with van der Waals surface area (Å²) in [5.41, 5.74) is 0.974. The molecule has 0 atom stereocenters. The standard InChI is InChI=1S/C18H20FN5O4/c1-26-14-5-12(17(19)16(6-14)27-2)11-28-15-8-20-18(21-9-15)23-13-7-22-24(10-13)3-4-25/h5-10,25H,3-4,11H2,1-2H3,(H,20,21,23). The van der Waals surface area contributed by atoms with Crippen LogP contribution in [0.3, 0.4) is 0 Å². The third kappa shape index (κ3) is 4.65. The van der Waals surface area contributed by atoms with Gasteiger partial charge in [-0.05, 0) is 6.07 Å². The Labute approximate surface area is 160 Å². The maximum atomic E-state index is 14.3. The molecule has 0 saturated heterocycles. The minimum Gasteiger partial charge on any atom is -0.497 e. The average molecular weight is 389 g/mol. The van der Waals surface area contributed by atoms with E-state index in [9.17, 15) is 4.39 Å². The number of hydrogen-bond donors (Lipinski definition) is 2. The Bertz CT molecular complexity index is 917. The Morgan fingerprint density at radius 3 is 2.57 bits per heavy atom. The fraction of sp³-hybridized carbons (Fsp3) is 0.278. The van der Waals surface area contributed by atoms with E-state index < -0.39 is 5.82 Å². The zero-order valence-corrected chi connectivity index (χ0v) is 15.4. The van der Waals surface area contributed by atoms with Crippen molar-refractivity contribution < 1.29 is 23.7 Å². The quantitative estimate of drug-likeness (QED) is 0.574. The Morgan fingerprint density at radius 2 is 1.89 bits per heavy atom. The summed E-state index contributed by atoms with van der Waals surface area (Å²) in [6.45, 7) is 0.369. The minimum absolute atomic E-state index is 0.00339. The molecule has 2 N–H and O–H groups in total. The number of nitrogens with zero attached hydrogens (tertiary/aromatic N) is 4. The highest BCUT2D eigenvalue weighted by Crippen LogP contribution is 2.28. The van der Waals surface area contributed by atoms with Crippen molar-refractivity contribution in [1.82, 2.24) is 19.7 Å². The van der Waals surface area contributed by atoms with E-state index in [4.69, 9.17) is 19.3 Å². The van der Waals surface area contributed by atoms with Crippen LogP contribution >= 0.6 is 0 Å². The van der Waals surface area contributed by atoms with E-state index in [1.165, 1.54) is 32.7 Å². The van der Waals surface area contributed by atoms with Gasteiger partial charge in [0.15, 0.2) is 17.3 Å². The summed E-state index contributed by atoms with van der Waals surface area (Å²) in [5.74, 6) is 0.764. The fourth-order valence-electron chi connectivity index (χ4n) is 2.40. The monoisotopic (exact) mass is 389 g/mol. The third-order valence-electron chi connectivity index (χ3n) is 3.78. The normalized spacial score (nSPS) is 10.6. The zero-order chi connectivity index (χ0) is 19.9. The highest BCUT2D eigenvalue weighted by molar-refractivity contribution is 5.50. The van der Waals surface area contributed by atoms with Crippen LogP contribution < -0.4 is 19.5 Å². The number of hydrogen-bond acceptors (Lipinski definition) is 8. The van der Waals surface area contributed by atoms with Gasteiger partial charge in [0.05, 0.1) is 51.6 Å². The number of aromatic nitrogens is 4. The van der Waals surface area contributed by atoms with Crippen molar-refractivity contribution in [1.29, 1.82) is 0 Å². The van der Waals surface area contributed by atoms with Crippen molar-refractivity contribution in [2.75, 3.05) is 26.1 Å². The van der Waals surface area contributed by atoms with Gasteiger partial charge in [-0.1, -0.05) is 0 Å². The molecule has 0 aliphatic rings. The molecule has 0 spiro atoms. The van der Waals surface area contributed by atoms with Crippen LogP contribution in [0.1, 0.15) is 5.56 Å². The number of rotatable bonds is 9. The number of benzene rings is 1. The van der Waals surface area contributed by atoms with Gasteiger partial charge >= 0.3 is 0 Å². The van der Waals surface area contributed by atoms with Gasteiger partial charge in [-0.3, -0.25) is 4.68 Å². The Morgan fingerprint density at radius 1 is 1.11 bits per heavy atom. The van der Waals surface area contributed by atoms with Crippen molar-refractivity contribution in [2.45, 2.75) is 13.2 Å². The fourth-order valence-corrected chi connectivity index (χ4v) is 2.40. The molecule has 1 aromatic carbocycles. The van der Waals surface area contributed by atoms with Crippen LogP contribution in [0.4, 0.5) is 16.0 Å². The van der Waals surface area contributed by atoms with Crippen molar-refractivity contribution in [3.63, 3.8) is 0 Å². The SMILES string of the molecule is COc1cc(COc2cnc(Nc3cnn(CCO)c3)nc2)c(F)c(OC)c1. The first-order valence-electron chi connectivity index (χ1n) is 8.38. The number of aliphatic hydroxyl groups is 1. The smallest absolute Gasteiger partial charge is 0.227 e. The maximum absolute atomic E-state index is 14.3. The van der Waals surface area contributed by atoms with E-state index >= 15 is 0 Å². The summed E-state index contributed by atoms with van der Waals surface area (Å²) >= 11 is 0. The lowest BCUT2D eigenvalue weighted by Gasteiger charge is -2.11. The van der Waals surface area contributed by atoms with Crippen LogP contribution in [0, 0.1) is 5.82 Å². The lowest BCUT2D eigenvalue weighted by Crippen LogP contribution is -2.03. The molecule has 2 heterocycles. The molecule has 148 valence electrons. The molecule has 0 amide bonds. The predicted molar refractivity (Wildman–Crippen MR) is 98.5 cm³/mol. The van der Waals surface area contributed by atoms with E-state index in [1.54, 1.807) is 23.1 Å². The molecule has 9 nitrogen and oxygen atoms in total. The number of methoxy groups -OCH3 is 2. The van der Waals surface area contributed by atoms with E-state index in [1.807, 2.05) is 0 Å². The molecule has 0 aliphatic carbocycles. The average Bonchev–Trinajstić information content (AvgIpc) is 3.15. The maximum Gasteiger partial charge on any atom is 0.227 e. The van der Waals surface area contributed by atoms with Gasteiger partial charge in [-0.2, -0.15) is 5.10 Å². The lowest BCUT2D eigenvalue weighted by molar-refractivity contribution is 0.269. The highest BCUT2D eigenvalue weighted by Gasteiger charge is 2.13. The first-order chi connectivity index (χ1) is 13.6. The molecule has 10 heteroatoms. The topological polar surface area (TPSA) is 104 Å². The van der Waals surface area contributed by atoms with Crippen LogP contribution in [0.2, 0.25) is 0 Å². The summed E-state index contributed by atoms with van der Waals surface area (Å²) in [6, 6.07) is 3.00. The second-order valence-electron chi connectivity index (χ2n) is 5.67. The molecule has 28 heavy (non-hydrogen) atoms. The second kappa shape index (κ2) is 9.00. The van der Waals surface area contributed by atoms with Gasteiger partial charge in [-0.25, -0.2) is 14.4 Å². The van der Waals surface area contributed by atoms with Crippen LogP contribution in [0.5, 0.6) is 17.2 Å². The highest BCUT2D eigenvalue weighted by atomic mass is 19.1. The van der Waals surface area contributed by atoms with Crippen molar-refractivity contribution in [3.05, 3.63) is 48.3 Å². The summed E-state index contributed by atoms with van der Waals surface area (Å²) in [4.78, 5) is 8.31. The molecule has 2 aromatic heterocycles. The summed E-state index contributed by atoms with van der Waals surface area (Å²) in [5, 5.41) is 16.0. The number of ether oxygens (including phenoxy) is 3. The van der Waals surface area contributed by atoms with Gasteiger partial charge in [0, 0.05) is 17.8 Å². The molecule has 0 aliphatic heterocycles. The van der Waals surface area contributed by atoms with E-state index in [0.29, 0.717) is 29.7 Å². The molecule has 0 radical (unpaired) electrons. The first kappa shape index (κ1) is 19.4. The predicted octanol–water partition coefficient (Wildman–Crippen LogP) is 2.14. The molecule has 0 bridgehead atoms. The molecule has 0 fully saturated rings. The van der Waals surface area contributed by atoms with Crippen molar-refractivity contribution >= 4 is 11.6 Å². The Hall–Kier alpha value is -3.40.